The molecule has 98 valence electrons. The molecule has 0 fully saturated rings. The zero-order valence-electron chi connectivity index (χ0n) is 10.9. The summed E-state index contributed by atoms with van der Waals surface area (Å²) in [5.41, 5.74) is 1.32. The van der Waals surface area contributed by atoms with Gasteiger partial charge in [0.2, 0.25) is 0 Å². The smallest absolute Gasteiger partial charge is 0.103 e. The van der Waals surface area contributed by atoms with E-state index in [2.05, 4.69) is 11.1 Å². The van der Waals surface area contributed by atoms with Crippen molar-refractivity contribution in [2.24, 2.45) is 0 Å². The average molecular weight is 289 g/mol. The second kappa shape index (κ2) is 4.71. The molecule has 0 aliphatic rings. The van der Waals surface area contributed by atoms with Crippen LogP contribution >= 0.6 is 22.7 Å². The number of aliphatic hydroxyl groups is 1. The standard InChI is InChI=1S/C15H15NOS2/c1-10-7-8-18-14(10)15(2,17)9-13-16-11-5-3-4-6-12(11)19-13/h3-8,17H,9H2,1-2H3. The van der Waals surface area contributed by atoms with Gasteiger partial charge >= 0.3 is 0 Å². The number of hydrogen-bond acceptors (Lipinski definition) is 4. The second-order valence-electron chi connectivity index (χ2n) is 4.96. The fourth-order valence-electron chi connectivity index (χ4n) is 2.29. The van der Waals surface area contributed by atoms with Gasteiger partial charge in [-0.25, -0.2) is 4.98 Å². The number of hydrogen-bond donors (Lipinski definition) is 1. The number of thiazole rings is 1. The minimum atomic E-state index is -0.841. The molecule has 3 rings (SSSR count). The first-order valence-corrected chi connectivity index (χ1v) is 7.87. The highest BCUT2D eigenvalue weighted by atomic mass is 32.1. The Kier molecular flexibility index (Phi) is 3.17. The summed E-state index contributed by atoms with van der Waals surface area (Å²) in [5, 5.41) is 13.7. The third-order valence-corrected chi connectivity index (χ3v) is 5.49. The van der Waals surface area contributed by atoms with Gasteiger partial charge in [-0.15, -0.1) is 22.7 Å². The van der Waals surface area contributed by atoms with Crippen molar-refractivity contribution in [1.82, 2.24) is 4.98 Å². The van der Waals surface area contributed by atoms with Crippen LogP contribution in [-0.4, -0.2) is 10.1 Å². The van der Waals surface area contributed by atoms with Crippen molar-refractivity contribution < 1.29 is 5.11 Å². The summed E-state index contributed by atoms with van der Waals surface area (Å²) in [6, 6.07) is 10.1. The van der Waals surface area contributed by atoms with Crippen LogP contribution in [0.3, 0.4) is 0 Å². The van der Waals surface area contributed by atoms with Crippen molar-refractivity contribution >= 4 is 32.9 Å². The minimum absolute atomic E-state index is 0.563. The summed E-state index contributed by atoms with van der Waals surface area (Å²) in [5.74, 6) is 0. The highest BCUT2D eigenvalue weighted by Crippen LogP contribution is 2.34. The second-order valence-corrected chi connectivity index (χ2v) is 6.99. The van der Waals surface area contributed by atoms with Gasteiger partial charge < -0.3 is 5.11 Å². The minimum Gasteiger partial charge on any atom is -0.384 e. The van der Waals surface area contributed by atoms with Gasteiger partial charge in [0.05, 0.1) is 15.2 Å². The normalized spacial score (nSPS) is 14.7. The number of fused-ring (bicyclic) bond motifs is 1. The molecule has 0 aliphatic heterocycles. The maximum Gasteiger partial charge on any atom is 0.103 e. The molecule has 0 saturated carbocycles. The van der Waals surface area contributed by atoms with Gasteiger partial charge in [0.1, 0.15) is 5.60 Å². The number of aromatic nitrogens is 1. The van der Waals surface area contributed by atoms with Crippen LogP contribution in [-0.2, 0) is 12.0 Å². The number of rotatable bonds is 3. The Morgan fingerprint density at radius 1 is 1.26 bits per heavy atom. The molecule has 1 aromatic carbocycles. The van der Waals surface area contributed by atoms with Crippen molar-refractivity contribution in [3.05, 3.63) is 51.2 Å². The number of nitrogens with zero attached hydrogens (tertiary/aromatic N) is 1. The fourth-order valence-corrected chi connectivity index (χ4v) is 4.40. The Labute approximate surface area is 120 Å². The highest BCUT2D eigenvalue weighted by Gasteiger charge is 2.28. The third kappa shape index (κ3) is 2.43. The number of aryl methyl sites for hydroxylation is 1. The molecule has 0 spiro atoms. The van der Waals surface area contributed by atoms with Crippen molar-refractivity contribution in [2.75, 3.05) is 0 Å². The first-order valence-electron chi connectivity index (χ1n) is 6.18. The summed E-state index contributed by atoms with van der Waals surface area (Å²) < 4.78 is 1.18. The van der Waals surface area contributed by atoms with E-state index in [1.165, 1.54) is 4.70 Å². The van der Waals surface area contributed by atoms with Gasteiger partial charge in [-0.05, 0) is 43.0 Å². The summed E-state index contributed by atoms with van der Waals surface area (Å²) >= 11 is 3.27. The van der Waals surface area contributed by atoms with E-state index in [4.69, 9.17) is 0 Å². The largest absolute Gasteiger partial charge is 0.384 e. The zero-order chi connectivity index (χ0) is 13.5. The lowest BCUT2D eigenvalue weighted by molar-refractivity contribution is 0.0609. The molecule has 0 aliphatic carbocycles. The maximum atomic E-state index is 10.7. The van der Waals surface area contributed by atoms with Crippen LogP contribution in [0.2, 0.25) is 0 Å². The lowest BCUT2D eigenvalue weighted by Crippen LogP contribution is -2.23. The summed E-state index contributed by atoms with van der Waals surface area (Å²) in [6.45, 7) is 3.91. The van der Waals surface area contributed by atoms with Crippen molar-refractivity contribution in [3.63, 3.8) is 0 Å². The van der Waals surface area contributed by atoms with Gasteiger partial charge in [-0.2, -0.15) is 0 Å². The van der Waals surface area contributed by atoms with Gasteiger partial charge in [-0.3, -0.25) is 0 Å². The lowest BCUT2D eigenvalue weighted by Gasteiger charge is -2.21. The predicted octanol–water partition coefficient (Wildman–Crippen LogP) is 4.12. The van der Waals surface area contributed by atoms with Crippen LogP contribution in [0, 0.1) is 6.92 Å². The molecule has 0 saturated heterocycles. The summed E-state index contributed by atoms with van der Waals surface area (Å²) in [6.07, 6.45) is 0.563. The van der Waals surface area contributed by atoms with E-state index < -0.39 is 5.60 Å². The molecule has 1 unspecified atom stereocenters. The SMILES string of the molecule is Cc1ccsc1C(C)(O)Cc1nc2ccccc2s1. The molecule has 0 amide bonds. The number of thiophene rings is 1. The van der Waals surface area contributed by atoms with E-state index in [1.54, 1.807) is 22.7 Å². The molecule has 2 nitrogen and oxygen atoms in total. The van der Waals surface area contributed by atoms with E-state index in [0.717, 1.165) is 21.0 Å². The molecular formula is C15H15NOS2. The molecule has 4 heteroatoms. The Morgan fingerprint density at radius 2 is 2.05 bits per heavy atom. The first kappa shape index (κ1) is 12.8. The van der Waals surface area contributed by atoms with E-state index in [0.29, 0.717) is 6.42 Å². The number of para-hydroxylation sites is 1. The lowest BCUT2D eigenvalue weighted by atomic mass is 9.98. The monoisotopic (exact) mass is 289 g/mol. The van der Waals surface area contributed by atoms with E-state index in [9.17, 15) is 5.11 Å². The van der Waals surface area contributed by atoms with E-state index in [-0.39, 0.29) is 0 Å². The predicted molar refractivity (Wildman–Crippen MR) is 82.0 cm³/mol. The maximum absolute atomic E-state index is 10.7. The van der Waals surface area contributed by atoms with Crippen LogP contribution in [0.15, 0.2) is 35.7 Å². The Bertz CT molecular complexity index is 679. The quantitative estimate of drug-likeness (QED) is 0.787. The molecule has 0 bridgehead atoms. The van der Waals surface area contributed by atoms with E-state index >= 15 is 0 Å². The molecule has 19 heavy (non-hydrogen) atoms. The highest BCUT2D eigenvalue weighted by molar-refractivity contribution is 7.18. The molecule has 2 aromatic heterocycles. The molecule has 0 radical (unpaired) electrons. The average Bonchev–Trinajstić information content (AvgIpc) is 2.93. The van der Waals surface area contributed by atoms with Crippen LogP contribution in [0.1, 0.15) is 22.4 Å². The number of benzene rings is 1. The first-order chi connectivity index (χ1) is 9.06. The zero-order valence-corrected chi connectivity index (χ0v) is 12.5. The van der Waals surface area contributed by atoms with Crippen molar-refractivity contribution in [3.8, 4) is 0 Å². The van der Waals surface area contributed by atoms with Gasteiger partial charge in [0.25, 0.3) is 0 Å². The van der Waals surface area contributed by atoms with Crippen LogP contribution in [0.5, 0.6) is 0 Å². The third-order valence-electron chi connectivity index (χ3n) is 3.18. The fraction of sp³-hybridized carbons (Fsp3) is 0.267. The van der Waals surface area contributed by atoms with Crippen LogP contribution in [0.25, 0.3) is 10.2 Å². The summed E-state index contributed by atoms with van der Waals surface area (Å²) in [7, 11) is 0. The summed E-state index contributed by atoms with van der Waals surface area (Å²) in [4.78, 5) is 5.63. The van der Waals surface area contributed by atoms with E-state index in [1.807, 2.05) is 43.5 Å². The van der Waals surface area contributed by atoms with Crippen LogP contribution in [0.4, 0.5) is 0 Å². The molecule has 1 atom stereocenters. The Balaban J connectivity index is 1.94. The van der Waals surface area contributed by atoms with Gasteiger partial charge in [0.15, 0.2) is 0 Å². The molecule has 3 aromatic rings. The Hall–Kier alpha value is -1.23. The Morgan fingerprint density at radius 3 is 2.74 bits per heavy atom. The van der Waals surface area contributed by atoms with Gasteiger partial charge in [-0.1, -0.05) is 12.1 Å². The molecular weight excluding hydrogens is 274 g/mol. The van der Waals surface area contributed by atoms with Crippen molar-refractivity contribution in [2.45, 2.75) is 25.9 Å². The molecule has 2 heterocycles. The van der Waals surface area contributed by atoms with Crippen molar-refractivity contribution in [1.29, 1.82) is 0 Å². The topological polar surface area (TPSA) is 33.1 Å². The molecule has 1 N–H and O–H groups in total. The van der Waals surface area contributed by atoms with Crippen LogP contribution < -0.4 is 0 Å². The van der Waals surface area contributed by atoms with Gasteiger partial charge in [0, 0.05) is 11.3 Å².